The Hall–Kier alpha value is -0.730. The highest BCUT2D eigenvalue weighted by Gasteiger charge is 2.23. The van der Waals surface area contributed by atoms with Crippen molar-refractivity contribution in [1.29, 1.82) is 0 Å². The number of nitrogens with one attached hydrogen (secondary N) is 1. The summed E-state index contributed by atoms with van der Waals surface area (Å²) in [6, 6.07) is 7.44. The van der Waals surface area contributed by atoms with Crippen molar-refractivity contribution in [2.45, 2.75) is 59.2 Å². The van der Waals surface area contributed by atoms with Gasteiger partial charge in [-0.2, -0.15) is 0 Å². The second kappa shape index (κ2) is 6.82. The van der Waals surface area contributed by atoms with Crippen LogP contribution in [0.4, 0.5) is 5.69 Å². The van der Waals surface area contributed by atoms with Crippen LogP contribution in [0.2, 0.25) is 5.02 Å². The minimum Gasteiger partial charge on any atom is -0.367 e. The smallest absolute Gasteiger partial charge is 0.0643 e. The van der Waals surface area contributed by atoms with Gasteiger partial charge in [-0.3, -0.25) is 0 Å². The molecule has 1 aromatic carbocycles. The van der Waals surface area contributed by atoms with E-state index in [1.54, 1.807) is 0 Å². The van der Waals surface area contributed by atoms with Gasteiger partial charge in [-0.1, -0.05) is 37.6 Å². The molecule has 1 aliphatic rings. The van der Waals surface area contributed by atoms with Gasteiger partial charge in [-0.25, -0.2) is 0 Å². The van der Waals surface area contributed by atoms with E-state index in [1.807, 2.05) is 6.07 Å². The first-order valence-corrected chi connectivity index (χ1v) is 8.14. The van der Waals surface area contributed by atoms with E-state index in [1.165, 1.54) is 24.1 Å². The number of benzene rings is 1. The lowest BCUT2D eigenvalue weighted by Crippen LogP contribution is -2.35. The predicted molar refractivity (Wildman–Crippen MR) is 88.6 cm³/mol. The van der Waals surface area contributed by atoms with Crippen LogP contribution in [0, 0.1) is 5.92 Å². The molecule has 0 spiro atoms. The molecule has 0 saturated heterocycles. The molecule has 0 aromatic heterocycles. The third kappa shape index (κ3) is 4.13. The molecule has 2 rings (SSSR count). The van der Waals surface area contributed by atoms with Crippen molar-refractivity contribution in [2.24, 2.45) is 5.92 Å². The fourth-order valence-electron chi connectivity index (χ4n) is 2.52. The summed E-state index contributed by atoms with van der Waals surface area (Å²) in [5, 5.41) is 4.47. The molecule has 112 valence electrons. The topological polar surface area (TPSA) is 15.3 Å². The molecule has 1 fully saturated rings. The van der Waals surface area contributed by atoms with Crippen LogP contribution in [0.15, 0.2) is 18.2 Å². The minimum absolute atomic E-state index is 0.456. The van der Waals surface area contributed by atoms with Gasteiger partial charge >= 0.3 is 0 Å². The lowest BCUT2D eigenvalue weighted by molar-refractivity contribution is 0.567. The van der Waals surface area contributed by atoms with Crippen LogP contribution in [-0.4, -0.2) is 18.6 Å². The van der Waals surface area contributed by atoms with Gasteiger partial charge < -0.3 is 10.2 Å². The highest BCUT2D eigenvalue weighted by Crippen LogP contribution is 2.32. The monoisotopic (exact) mass is 294 g/mol. The highest BCUT2D eigenvalue weighted by molar-refractivity contribution is 6.33. The summed E-state index contributed by atoms with van der Waals surface area (Å²) in [5.41, 5.74) is 2.53. The number of para-hydroxylation sites is 1. The molecule has 1 aliphatic carbocycles. The maximum atomic E-state index is 6.51. The summed E-state index contributed by atoms with van der Waals surface area (Å²) in [7, 11) is 0. The highest BCUT2D eigenvalue weighted by atomic mass is 35.5. The molecule has 0 radical (unpaired) electrons. The number of hydrogen-bond donors (Lipinski definition) is 1. The average molecular weight is 295 g/mol. The molecule has 0 atom stereocenters. The standard InChI is InChI=1S/C17H27ClN2/c1-12(2)11-20(13(3)4)17-14(6-5-7-16(17)18)10-19-15-8-9-15/h5-7,12-13,15,19H,8-11H2,1-4H3. The molecule has 0 unspecified atom stereocenters. The second-order valence-corrected chi connectivity index (χ2v) is 6.95. The van der Waals surface area contributed by atoms with Gasteiger partial charge in [-0.05, 0) is 44.2 Å². The first-order valence-electron chi connectivity index (χ1n) is 7.76. The quantitative estimate of drug-likeness (QED) is 0.798. The Balaban J connectivity index is 2.24. The number of halogens is 1. The fourth-order valence-corrected chi connectivity index (χ4v) is 2.82. The largest absolute Gasteiger partial charge is 0.367 e. The van der Waals surface area contributed by atoms with Crippen LogP contribution in [0.3, 0.4) is 0 Å². The van der Waals surface area contributed by atoms with Crippen LogP contribution in [0.5, 0.6) is 0 Å². The lowest BCUT2D eigenvalue weighted by atomic mass is 10.1. The number of rotatable bonds is 7. The Morgan fingerprint density at radius 3 is 2.50 bits per heavy atom. The van der Waals surface area contributed by atoms with Crippen molar-refractivity contribution in [3.05, 3.63) is 28.8 Å². The maximum Gasteiger partial charge on any atom is 0.0643 e. The second-order valence-electron chi connectivity index (χ2n) is 6.54. The van der Waals surface area contributed by atoms with Crippen molar-refractivity contribution >= 4 is 17.3 Å². The van der Waals surface area contributed by atoms with E-state index in [9.17, 15) is 0 Å². The number of hydrogen-bond acceptors (Lipinski definition) is 2. The molecular weight excluding hydrogens is 268 g/mol. The molecule has 3 heteroatoms. The van der Waals surface area contributed by atoms with E-state index >= 15 is 0 Å². The average Bonchev–Trinajstić information content (AvgIpc) is 3.17. The zero-order valence-electron chi connectivity index (χ0n) is 13.1. The van der Waals surface area contributed by atoms with Gasteiger partial charge in [0, 0.05) is 25.2 Å². The molecule has 0 bridgehead atoms. The van der Waals surface area contributed by atoms with Crippen LogP contribution in [0.1, 0.15) is 46.1 Å². The zero-order valence-corrected chi connectivity index (χ0v) is 13.9. The van der Waals surface area contributed by atoms with Crippen LogP contribution in [0.25, 0.3) is 0 Å². The van der Waals surface area contributed by atoms with Crippen LogP contribution >= 0.6 is 11.6 Å². The van der Waals surface area contributed by atoms with E-state index in [0.717, 1.165) is 24.2 Å². The molecule has 0 amide bonds. The van der Waals surface area contributed by atoms with Crippen LogP contribution < -0.4 is 10.2 Å². The number of anilines is 1. The van der Waals surface area contributed by atoms with Gasteiger partial charge in [0.15, 0.2) is 0 Å². The Kier molecular flexibility index (Phi) is 5.34. The molecule has 2 nitrogen and oxygen atoms in total. The summed E-state index contributed by atoms with van der Waals surface area (Å²) < 4.78 is 0. The maximum absolute atomic E-state index is 6.51. The van der Waals surface area contributed by atoms with E-state index < -0.39 is 0 Å². The summed E-state index contributed by atoms with van der Waals surface area (Å²) >= 11 is 6.51. The third-order valence-corrected chi connectivity index (χ3v) is 4.01. The Morgan fingerprint density at radius 1 is 1.25 bits per heavy atom. The van der Waals surface area contributed by atoms with E-state index in [0.29, 0.717) is 12.0 Å². The summed E-state index contributed by atoms with van der Waals surface area (Å²) in [6.07, 6.45) is 2.63. The molecule has 1 aromatic rings. The van der Waals surface area contributed by atoms with Crippen molar-refractivity contribution in [3.63, 3.8) is 0 Å². The van der Waals surface area contributed by atoms with Crippen molar-refractivity contribution in [3.8, 4) is 0 Å². The lowest BCUT2D eigenvalue weighted by Gasteiger charge is -2.33. The normalized spacial score (nSPS) is 15.2. The summed E-state index contributed by atoms with van der Waals surface area (Å²) in [5.74, 6) is 0.623. The van der Waals surface area contributed by atoms with Crippen molar-refractivity contribution in [2.75, 3.05) is 11.4 Å². The molecule has 0 aliphatic heterocycles. The predicted octanol–water partition coefficient (Wildman–Crippen LogP) is 4.46. The first kappa shape index (κ1) is 15.7. The Labute approximate surface area is 128 Å². The summed E-state index contributed by atoms with van der Waals surface area (Å²) in [6.45, 7) is 11.0. The van der Waals surface area contributed by atoms with Crippen molar-refractivity contribution in [1.82, 2.24) is 5.32 Å². The summed E-state index contributed by atoms with van der Waals surface area (Å²) in [4.78, 5) is 2.44. The Morgan fingerprint density at radius 2 is 1.95 bits per heavy atom. The molecule has 1 N–H and O–H groups in total. The minimum atomic E-state index is 0.456. The van der Waals surface area contributed by atoms with Gasteiger partial charge in [0.05, 0.1) is 10.7 Å². The number of nitrogens with zero attached hydrogens (tertiary/aromatic N) is 1. The third-order valence-electron chi connectivity index (χ3n) is 3.70. The Bertz CT molecular complexity index is 439. The van der Waals surface area contributed by atoms with Gasteiger partial charge in [0.1, 0.15) is 0 Å². The van der Waals surface area contributed by atoms with Crippen LogP contribution in [-0.2, 0) is 6.54 Å². The zero-order chi connectivity index (χ0) is 14.7. The molecular formula is C17H27ClN2. The van der Waals surface area contributed by atoms with E-state index in [2.05, 4.69) is 50.0 Å². The molecule has 0 heterocycles. The van der Waals surface area contributed by atoms with Gasteiger partial charge in [-0.15, -0.1) is 0 Å². The SMILES string of the molecule is CC(C)CN(c1c(Cl)cccc1CNC1CC1)C(C)C. The van der Waals surface area contributed by atoms with E-state index in [4.69, 9.17) is 11.6 Å². The fraction of sp³-hybridized carbons (Fsp3) is 0.647. The molecule has 20 heavy (non-hydrogen) atoms. The van der Waals surface area contributed by atoms with Gasteiger partial charge in [0.25, 0.3) is 0 Å². The van der Waals surface area contributed by atoms with Gasteiger partial charge in [0.2, 0.25) is 0 Å². The first-order chi connectivity index (χ1) is 9.49. The van der Waals surface area contributed by atoms with Crippen molar-refractivity contribution < 1.29 is 0 Å². The van der Waals surface area contributed by atoms with E-state index in [-0.39, 0.29) is 0 Å². The molecule has 1 saturated carbocycles.